The summed E-state index contributed by atoms with van der Waals surface area (Å²) in [6.45, 7) is 0. The van der Waals surface area contributed by atoms with Gasteiger partial charge in [0.1, 0.15) is 0 Å². The van der Waals surface area contributed by atoms with E-state index in [2.05, 4.69) is 20.7 Å². The number of rotatable bonds is 4. The SMILES string of the molecule is COC(=O)Cc1ccc(C(=O)c2ccoc2Br)s1. The monoisotopic (exact) mass is 328 g/mol. The summed E-state index contributed by atoms with van der Waals surface area (Å²) in [5, 5.41) is 0. The number of carbonyl (C=O) groups excluding carboxylic acids is 2. The van der Waals surface area contributed by atoms with E-state index >= 15 is 0 Å². The van der Waals surface area contributed by atoms with Crippen molar-refractivity contribution in [1.29, 1.82) is 0 Å². The van der Waals surface area contributed by atoms with Crippen molar-refractivity contribution >= 4 is 39.0 Å². The highest BCUT2D eigenvalue weighted by atomic mass is 79.9. The maximum atomic E-state index is 12.1. The minimum Gasteiger partial charge on any atom is -0.469 e. The van der Waals surface area contributed by atoms with Gasteiger partial charge in [-0.3, -0.25) is 9.59 Å². The van der Waals surface area contributed by atoms with Crippen molar-refractivity contribution in [2.24, 2.45) is 0 Å². The van der Waals surface area contributed by atoms with Crippen LogP contribution in [-0.4, -0.2) is 18.9 Å². The van der Waals surface area contributed by atoms with Crippen molar-refractivity contribution < 1.29 is 18.7 Å². The first kappa shape index (κ1) is 13.0. The molecule has 2 heterocycles. The number of hydrogen-bond donors (Lipinski definition) is 0. The van der Waals surface area contributed by atoms with Crippen LogP contribution >= 0.6 is 27.3 Å². The predicted molar refractivity (Wildman–Crippen MR) is 69.9 cm³/mol. The Hall–Kier alpha value is -1.40. The number of thiophene rings is 1. The van der Waals surface area contributed by atoms with Gasteiger partial charge in [-0.2, -0.15) is 0 Å². The Morgan fingerprint density at radius 1 is 1.39 bits per heavy atom. The van der Waals surface area contributed by atoms with Crippen LogP contribution in [0.15, 0.2) is 33.5 Å². The van der Waals surface area contributed by atoms with Crippen LogP contribution < -0.4 is 0 Å². The molecule has 2 aromatic heterocycles. The van der Waals surface area contributed by atoms with Gasteiger partial charge in [0.05, 0.1) is 30.2 Å². The summed E-state index contributed by atoms with van der Waals surface area (Å²) in [6, 6.07) is 5.06. The van der Waals surface area contributed by atoms with Crippen LogP contribution in [0.4, 0.5) is 0 Å². The average Bonchev–Trinajstić information content (AvgIpc) is 2.97. The molecular weight excluding hydrogens is 320 g/mol. The first-order valence-corrected chi connectivity index (χ1v) is 6.66. The van der Waals surface area contributed by atoms with Gasteiger partial charge in [-0.1, -0.05) is 0 Å². The van der Waals surface area contributed by atoms with E-state index in [-0.39, 0.29) is 18.2 Å². The Labute approximate surface area is 116 Å². The number of ether oxygens (including phenoxy) is 1. The lowest BCUT2D eigenvalue weighted by Gasteiger charge is -1.95. The molecule has 0 aliphatic carbocycles. The molecule has 0 unspecified atom stereocenters. The van der Waals surface area contributed by atoms with Crippen LogP contribution in [0, 0.1) is 0 Å². The minimum atomic E-state index is -0.319. The smallest absolute Gasteiger partial charge is 0.310 e. The maximum Gasteiger partial charge on any atom is 0.310 e. The molecule has 0 amide bonds. The lowest BCUT2D eigenvalue weighted by molar-refractivity contribution is -0.139. The van der Waals surface area contributed by atoms with Crippen molar-refractivity contribution in [2.75, 3.05) is 7.11 Å². The third-order valence-electron chi connectivity index (χ3n) is 2.29. The summed E-state index contributed by atoms with van der Waals surface area (Å²) < 4.78 is 10.0. The first-order chi connectivity index (χ1) is 8.61. The fourth-order valence-electron chi connectivity index (χ4n) is 1.40. The Morgan fingerprint density at radius 2 is 2.17 bits per heavy atom. The van der Waals surface area contributed by atoms with Crippen LogP contribution in [0.3, 0.4) is 0 Å². The second kappa shape index (κ2) is 5.49. The summed E-state index contributed by atoms with van der Waals surface area (Å²) >= 11 is 4.44. The van der Waals surface area contributed by atoms with Crippen molar-refractivity contribution in [3.8, 4) is 0 Å². The molecular formula is C12H9BrO4S. The Kier molecular flexibility index (Phi) is 3.98. The minimum absolute atomic E-state index is 0.128. The zero-order valence-corrected chi connectivity index (χ0v) is 11.8. The molecule has 94 valence electrons. The zero-order valence-electron chi connectivity index (χ0n) is 9.44. The Bertz CT molecular complexity index is 584. The number of ketones is 1. The van der Waals surface area contributed by atoms with E-state index in [9.17, 15) is 9.59 Å². The molecule has 0 spiro atoms. The van der Waals surface area contributed by atoms with Crippen LogP contribution in [-0.2, 0) is 16.0 Å². The fraction of sp³-hybridized carbons (Fsp3) is 0.167. The molecule has 0 radical (unpaired) electrons. The summed E-state index contributed by atoms with van der Waals surface area (Å²) in [5.74, 6) is -0.447. The van der Waals surface area contributed by atoms with Gasteiger partial charge in [0.2, 0.25) is 5.78 Å². The molecule has 0 atom stereocenters. The van der Waals surface area contributed by atoms with E-state index in [0.29, 0.717) is 15.1 Å². The van der Waals surface area contributed by atoms with Crippen molar-refractivity contribution in [1.82, 2.24) is 0 Å². The molecule has 0 saturated heterocycles. The third kappa shape index (κ3) is 2.70. The number of hydrogen-bond acceptors (Lipinski definition) is 5. The number of furan rings is 1. The van der Waals surface area contributed by atoms with Crippen LogP contribution in [0.1, 0.15) is 20.1 Å². The summed E-state index contributed by atoms with van der Waals surface area (Å²) in [4.78, 5) is 24.6. The molecule has 0 N–H and O–H groups in total. The van der Waals surface area contributed by atoms with E-state index in [4.69, 9.17) is 4.42 Å². The Morgan fingerprint density at radius 3 is 2.78 bits per heavy atom. The van der Waals surface area contributed by atoms with Crippen molar-refractivity contribution in [3.63, 3.8) is 0 Å². The molecule has 2 rings (SSSR count). The normalized spacial score (nSPS) is 10.3. The fourth-order valence-corrected chi connectivity index (χ4v) is 2.77. The molecule has 0 fully saturated rings. The average molecular weight is 329 g/mol. The van der Waals surface area contributed by atoms with Gasteiger partial charge in [-0.15, -0.1) is 11.3 Å². The summed E-state index contributed by atoms with van der Waals surface area (Å²) in [7, 11) is 1.34. The molecule has 0 aliphatic heterocycles. The van der Waals surface area contributed by atoms with E-state index in [0.717, 1.165) is 4.88 Å². The molecule has 0 aliphatic rings. The summed E-state index contributed by atoms with van der Waals surface area (Å²) in [5.41, 5.74) is 0.474. The molecule has 6 heteroatoms. The van der Waals surface area contributed by atoms with Crippen molar-refractivity contribution in [2.45, 2.75) is 6.42 Å². The quantitative estimate of drug-likeness (QED) is 0.639. The van der Waals surface area contributed by atoms with Crippen LogP contribution in [0.2, 0.25) is 0 Å². The highest BCUT2D eigenvalue weighted by molar-refractivity contribution is 9.10. The van der Waals surface area contributed by atoms with E-state index in [1.165, 1.54) is 24.7 Å². The van der Waals surface area contributed by atoms with Gasteiger partial charge < -0.3 is 9.15 Å². The molecule has 4 nitrogen and oxygen atoms in total. The number of esters is 1. The van der Waals surface area contributed by atoms with Gasteiger partial charge in [-0.05, 0) is 34.1 Å². The standard InChI is InChI=1S/C12H9BrO4S/c1-16-10(14)6-7-2-3-9(18-7)11(15)8-4-5-17-12(8)13/h2-5H,6H2,1H3. The van der Waals surface area contributed by atoms with Crippen molar-refractivity contribution in [3.05, 3.63) is 44.4 Å². The molecule has 0 aromatic carbocycles. The lowest BCUT2D eigenvalue weighted by Crippen LogP contribution is -2.02. The third-order valence-corrected chi connectivity index (χ3v) is 3.99. The molecule has 2 aromatic rings. The zero-order chi connectivity index (χ0) is 13.1. The number of carbonyl (C=O) groups is 2. The second-order valence-electron chi connectivity index (χ2n) is 3.46. The van der Waals surface area contributed by atoms with Gasteiger partial charge >= 0.3 is 5.97 Å². The molecule has 0 saturated carbocycles. The van der Waals surface area contributed by atoms with E-state index in [1.807, 2.05) is 0 Å². The summed E-state index contributed by atoms with van der Waals surface area (Å²) in [6.07, 6.45) is 1.63. The first-order valence-electron chi connectivity index (χ1n) is 5.05. The van der Waals surface area contributed by atoms with Gasteiger partial charge in [-0.25, -0.2) is 0 Å². The lowest BCUT2D eigenvalue weighted by atomic mass is 10.2. The van der Waals surface area contributed by atoms with E-state index < -0.39 is 0 Å². The topological polar surface area (TPSA) is 56.5 Å². The molecule has 18 heavy (non-hydrogen) atoms. The van der Waals surface area contributed by atoms with Gasteiger partial charge in [0, 0.05) is 4.88 Å². The number of methoxy groups -OCH3 is 1. The van der Waals surface area contributed by atoms with E-state index in [1.54, 1.807) is 18.2 Å². The van der Waals surface area contributed by atoms with Gasteiger partial charge in [0.25, 0.3) is 0 Å². The van der Waals surface area contributed by atoms with Crippen LogP contribution in [0.25, 0.3) is 0 Å². The maximum absolute atomic E-state index is 12.1. The highest BCUT2D eigenvalue weighted by Gasteiger charge is 2.17. The highest BCUT2D eigenvalue weighted by Crippen LogP contribution is 2.25. The molecule has 0 bridgehead atoms. The predicted octanol–water partition coefficient (Wildman–Crippen LogP) is 3.05. The van der Waals surface area contributed by atoms with Gasteiger partial charge in [0.15, 0.2) is 4.67 Å². The number of halogens is 1. The largest absolute Gasteiger partial charge is 0.469 e. The van der Waals surface area contributed by atoms with Crippen LogP contribution in [0.5, 0.6) is 0 Å². The second-order valence-corrected chi connectivity index (χ2v) is 5.34. The Balaban J connectivity index is 2.18.